The maximum absolute atomic E-state index is 5.90. The van der Waals surface area contributed by atoms with E-state index in [-0.39, 0.29) is 6.04 Å². The van der Waals surface area contributed by atoms with Crippen molar-refractivity contribution >= 4 is 27.4 Å². The SMILES string of the molecule is Cc1cc2c(NC(CN)c3ccccc3)ncnc2s1. The number of nitrogens with one attached hydrogen (secondary N) is 1. The summed E-state index contributed by atoms with van der Waals surface area (Å²) in [5.74, 6) is 0.846. The second-order valence-electron chi connectivity index (χ2n) is 4.64. The standard InChI is InChI=1S/C15H16N4S/c1-10-7-12-14(17-9-18-15(12)20-10)19-13(8-16)11-5-3-2-4-6-11/h2-7,9,13H,8,16H2,1H3,(H,17,18,19). The maximum Gasteiger partial charge on any atom is 0.138 e. The molecule has 2 aromatic heterocycles. The predicted molar refractivity (Wildman–Crippen MR) is 84.0 cm³/mol. The Morgan fingerprint density at radius 3 is 2.80 bits per heavy atom. The van der Waals surface area contributed by atoms with E-state index in [1.807, 2.05) is 18.2 Å². The van der Waals surface area contributed by atoms with Gasteiger partial charge in [-0.25, -0.2) is 9.97 Å². The number of nitrogens with zero attached hydrogens (tertiary/aromatic N) is 2. The van der Waals surface area contributed by atoms with Gasteiger partial charge in [-0.15, -0.1) is 11.3 Å². The molecule has 3 aromatic rings. The largest absolute Gasteiger partial charge is 0.361 e. The van der Waals surface area contributed by atoms with Crippen LogP contribution in [0.25, 0.3) is 10.2 Å². The van der Waals surface area contributed by atoms with Crippen LogP contribution >= 0.6 is 11.3 Å². The number of thiophene rings is 1. The number of nitrogens with two attached hydrogens (primary N) is 1. The van der Waals surface area contributed by atoms with Crippen molar-refractivity contribution < 1.29 is 0 Å². The zero-order valence-electron chi connectivity index (χ0n) is 11.2. The van der Waals surface area contributed by atoms with Gasteiger partial charge < -0.3 is 11.1 Å². The van der Waals surface area contributed by atoms with Crippen molar-refractivity contribution in [2.24, 2.45) is 5.73 Å². The molecular weight excluding hydrogens is 268 g/mol. The van der Waals surface area contributed by atoms with E-state index < -0.39 is 0 Å². The lowest BCUT2D eigenvalue weighted by Gasteiger charge is -2.18. The molecule has 0 saturated carbocycles. The summed E-state index contributed by atoms with van der Waals surface area (Å²) < 4.78 is 0. The van der Waals surface area contributed by atoms with Crippen LogP contribution in [0.3, 0.4) is 0 Å². The van der Waals surface area contributed by atoms with Crippen molar-refractivity contribution in [1.29, 1.82) is 0 Å². The number of anilines is 1. The fourth-order valence-corrected chi connectivity index (χ4v) is 3.07. The molecule has 1 aromatic carbocycles. The molecule has 102 valence electrons. The zero-order valence-corrected chi connectivity index (χ0v) is 12.0. The Bertz CT molecular complexity index is 708. The number of rotatable bonds is 4. The van der Waals surface area contributed by atoms with E-state index in [2.05, 4.69) is 40.4 Å². The molecule has 1 unspecified atom stereocenters. The lowest BCUT2D eigenvalue weighted by atomic mass is 10.1. The van der Waals surface area contributed by atoms with Gasteiger partial charge >= 0.3 is 0 Å². The van der Waals surface area contributed by atoms with Crippen LogP contribution in [0, 0.1) is 6.92 Å². The molecule has 4 nitrogen and oxygen atoms in total. The Morgan fingerprint density at radius 2 is 2.05 bits per heavy atom. The average Bonchev–Trinajstić information content (AvgIpc) is 2.86. The second kappa shape index (κ2) is 5.56. The molecule has 0 bridgehead atoms. The molecule has 3 rings (SSSR count). The minimum absolute atomic E-state index is 0.0505. The smallest absolute Gasteiger partial charge is 0.138 e. The quantitative estimate of drug-likeness (QED) is 0.772. The van der Waals surface area contributed by atoms with Crippen LogP contribution < -0.4 is 11.1 Å². The second-order valence-corrected chi connectivity index (χ2v) is 5.88. The number of aromatic nitrogens is 2. The van der Waals surface area contributed by atoms with E-state index in [1.165, 1.54) is 4.88 Å². The third-order valence-corrected chi connectivity index (χ3v) is 4.16. The molecule has 2 heterocycles. The van der Waals surface area contributed by atoms with Gasteiger partial charge in [0.2, 0.25) is 0 Å². The van der Waals surface area contributed by atoms with Crippen LogP contribution in [0.15, 0.2) is 42.7 Å². The van der Waals surface area contributed by atoms with Gasteiger partial charge in [0.05, 0.1) is 11.4 Å². The van der Waals surface area contributed by atoms with Crippen LogP contribution in [-0.2, 0) is 0 Å². The molecule has 20 heavy (non-hydrogen) atoms. The first-order chi connectivity index (χ1) is 9.78. The summed E-state index contributed by atoms with van der Waals surface area (Å²) in [6, 6.07) is 12.3. The number of hydrogen-bond acceptors (Lipinski definition) is 5. The van der Waals surface area contributed by atoms with Gasteiger partial charge in [0.25, 0.3) is 0 Å². The average molecular weight is 284 g/mol. The molecule has 5 heteroatoms. The van der Waals surface area contributed by atoms with Crippen molar-refractivity contribution in [3.63, 3.8) is 0 Å². The Kier molecular flexibility index (Phi) is 3.62. The van der Waals surface area contributed by atoms with Gasteiger partial charge in [-0.3, -0.25) is 0 Å². The molecule has 0 spiro atoms. The highest BCUT2D eigenvalue weighted by Crippen LogP contribution is 2.29. The summed E-state index contributed by atoms with van der Waals surface area (Å²) in [6.45, 7) is 2.59. The van der Waals surface area contributed by atoms with Gasteiger partial charge in [0.15, 0.2) is 0 Å². The van der Waals surface area contributed by atoms with Crippen molar-refractivity contribution in [1.82, 2.24) is 9.97 Å². The number of hydrogen-bond donors (Lipinski definition) is 2. The summed E-state index contributed by atoms with van der Waals surface area (Å²) in [7, 11) is 0. The van der Waals surface area contributed by atoms with Gasteiger partial charge in [-0.05, 0) is 18.6 Å². The third-order valence-electron chi connectivity index (χ3n) is 3.20. The molecule has 0 aliphatic rings. The summed E-state index contributed by atoms with van der Waals surface area (Å²) in [4.78, 5) is 10.9. The highest BCUT2D eigenvalue weighted by atomic mass is 32.1. The van der Waals surface area contributed by atoms with E-state index in [0.29, 0.717) is 6.54 Å². The monoisotopic (exact) mass is 284 g/mol. The predicted octanol–water partition coefficient (Wildman–Crippen LogP) is 3.11. The van der Waals surface area contributed by atoms with E-state index in [4.69, 9.17) is 5.73 Å². The summed E-state index contributed by atoms with van der Waals surface area (Å²) >= 11 is 1.67. The topological polar surface area (TPSA) is 63.8 Å². The van der Waals surface area contributed by atoms with Crippen molar-refractivity contribution in [2.75, 3.05) is 11.9 Å². The van der Waals surface area contributed by atoms with Crippen LogP contribution in [-0.4, -0.2) is 16.5 Å². The fraction of sp³-hybridized carbons (Fsp3) is 0.200. The van der Waals surface area contributed by atoms with Crippen molar-refractivity contribution in [3.8, 4) is 0 Å². The van der Waals surface area contributed by atoms with Crippen LogP contribution in [0.2, 0.25) is 0 Å². The first kappa shape index (κ1) is 13.0. The third kappa shape index (κ3) is 2.50. The minimum Gasteiger partial charge on any atom is -0.361 e. The first-order valence-corrected chi connectivity index (χ1v) is 7.32. The van der Waals surface area contributed by atoms with E-state index in [0.717, 1.165) is 21.6 Å². The molecule has 3 N–H and O–H groups in total. The Morgan fingerprint density at radius 1 is 1.25 bits per heavy atom. The highest BCUT2D eigenvalue weighted by Gasteiger charge is 2.13. The van der Waals surface area contributed by atoms with Gasteiger partial charge in [-0.1, -0.05) is 30.3 Å². The Balaban J connectivity index is 1.95. The Hall–Kier alpha value is -1.98. The van der Waals surface area contributed by atoms with Gasteiger partial charge in [0, 0.05) is 11.4 Å². The first-order valence-electron chi connectivity index (χ1n) is 6.50. The summed E-state index contributed by atoms with van der Waals surface area (Å²) in [6.07, 6.45) is 1.60. The summed E-state index contributed by atoms with van der Waals surface area (Å²) in [5, 5.41) is 4.49. The lowest BCUT2D eigenvalue weighted by molar-refractivity contribution is 0.785. The number of aryl methyl sites for hydroxylation is 1. The van der Waals surface area contributed by atoms with Crippen molar-refractivity contribution in [2.45, 2.75) is 13.0 Å². The molecule has 0 fully saturated rings. The van der Waals surface area contributed by atoms with E-state index in [9.17, 15) is 0 Å². The molecule has 0 aliphatic carbocycles. The lowest BCUT2D eigenvalue weighted by Crippen LogP contribution is -2.21. The normalized spacial score (nSPS) is 12.5. The molecule has 0 saturated heterocycles. The molecule has 0 radical (unpaired) electrons. The van der Waals surface area contributed by atoms with E-state index in [1.54, 1.807) is 17.7 Å². The summed E-state index contributed by atoms with van der Waals surface area (Å²) in [5.41, 5.74) is 7.06. The van der Waals surface area contributed by atoms with Crippen molar-refractivity contribution in [3.05, 3.63) is 53.2 Å². The molecular formula is C15H16N4S. The molecule has 0 aliphatic heterocycles. The number of benzene rings is 1. The molecule has 0 amide bonds. The fourth-order valence-electron chi connectivity index (χ4n) is 2.22. The number of fused-ring (bicyclic) bond motifs is 1. The Labute approximate surface area is 121 Å². The van der Waals surface area contributed by atoms with E-state index >= 15 is 0 Å². The zero-order chi connectivity index (χ0) is 13.9. The van der Waals surface area contributed by atoms with Crippen LogP contribution in [0.4, 0.5) is 5.82 Å². The van der Waals surface area contributed by atoms with Crippen LogP contribution in [0.1, 0.15) is 16.5 Å². The minimum atomic E-state index is 0.0505. The van der Waals surface area contributed by atoms with Crippen LogP contribution in [0.5, 0.6) is 0 Å². The van der Waals surface area contributed by atoms with Gasteiger partial charge in [-0.2, -0.15) is 0 Å². The molecule has 1 atom stereocenters. The highest BCUT2D eigenvalue weighted by molar-refractivity contribution is 7.18. The van der Waals surface area contributed by atoms with Gasteiger partial charge in [0.1, 0.15) is 17.0 Å². The maximum atomic E-state index is 5.90.